The summed E-state index contributed by atoms with van der Waals surface area (Å²) < 4.78 is 13.5. The highest BCUT2D eigenvalue weighted by Gasteiger charge is 2.21. The van der Waals surface area contributed by atoms with Crippen molar-refractivity contribution in [1.82, 2.24) is 9.80 Å². The van der Waals surface area contributed by atoms with Crippen molar-refractivity contribution in [1.29, 1.82) is 0 Å². The Labute approximate surface area is 119 Å². The van der Waals surface area contributed by atoms with Gasteiger partial charge in [-0.05, 0) is 31.1 Å². The predicted molar refractivity (Wildman–Crippen MR) is 76.8 cm³/mol. The minimum atomic E-state index is -0.303. The van der Waals surface area contributed by atoms with Gasteiger partial charge in [0, 0.05) is 26.2 Å². The number of halogens is 1. The van der Waals surface area contributed by atoms with E-state index in [4.69, 9.17) is 5.73 Å². The zero-order valence-corrected chi connectivity index (χ0v) is 11.7. The average molecular weight is 279 g/mol. The SMILES string of the molecule is NCCCN1CCN(C(=O)Cc2ccccc2F)CC1. The van der Waals surface area contributed by atoms with Gasteiger partial charge in [0.2, 0.25) is 5.91 Å². The third-order valence-corrected chi connectivity index (χ3v) is 3.70. The van der Waals surface area contributed by atoms with Gasteiger partial charge in [0.25, 0.3) is 0 Å². The van der Waals surface area contributed by atoms with Crippen molar-refractivity contribution in [2.45, 2.75) is 12.8 Å². The molecule has 0 saturated carbocycles. The Kier molecular flexibility index (Phi) is 5.49. The van der Waals surface area contributed by atoms with E-state index < -0.39 is 0 Å². The lowest BCUT2D eigenvalue weighted by Gasteiger charge is -2.34. The second kappa shape index (κ2) is 7.36. The molecule has 1 aromatic rings. The van der Waals surface area contributed by atoms with Crippen LogP contribution < -0.4 is 5.73 Å². The fraction of sp³-hybridized carbons (Fsp3) is 0.533. The molecule has 2 N–H and O–H groups in total. The Morgan fingerprint density at radius 2 is 1.90 bits per heavy atom. The highest BCUT2D eigenvalue weighted by Crippen LogP contribution is 2.10. The number of benzene rings is 1. The number of amides is 1. The van der Waals surface area contributed by atoms with Crippen molar-refractivity contribution in [2.24, 2.45) is 5.73 Å². The fourth-order valence-electron chi connectivity index (χ4n) is 2.45. The van der Waals surface area contributed by atoms with Gasteiger partial charge in [-0.15, -0.1) is 0 Å². The molecule has 0 spiro atoms. The molecule has 1 aliphatic rings. The molecule has 110 valence electrons. The van der Waals surface area contributed by atoms with E-state index in [1.165, 1.54) is 6.07 Å². The molecule has 2 rings (SSSR count). The van der Waals surface area contributed by atoms with Crippen molar-refractivity contribution in [3.05, 3.63) is 35.6 Å². The quantitative estimate of drug-likeness (QED) is 0.870. The first-order valence-corrected chi connectivity index (χ1v) is 7.14. The Morgan fingerprint density at radius 3 is 2.55 bits per heavy atom. The molecule has 0 bridgehead atoms. The third-order valence-electron chi connectivity index (χ3n) is 3.70. The van der Waals surface area contributed by atoms with E-state index in [2.05, 4.69) is 4.90 Å². The summed E-state index contributed by atoms with van der Waals surface area (Å²) in [4.78, 5) is 16.3. The minimum absolute atomic E-state index is 0.00794. The first-order chi connectivity index (χ1) is 9.70. The van der Waals surface area contributed by atoms with Gasteiger partial charge in [-0.1, -0.05) is 18.2 Å². The van der Waals surface area contributed by atoms with E-state index in [0.29, 0.717) is 12.1 Å². The number of piperazine rings is 1. The number of rotatable bonds is 5. The third kappa shape index (κ3) is 4.02. The van der Waals surface area contributed by atoms with Crippen molar-refractivity contribution < 1.29 is 9.18 Å². The van der Waals surface area contributed by atoms with Crippen molar-refractivity contribution in [2.75, 3.05) is 39.3 Å². The van der Waals surface area contributed by atoms with Gasteiger partial charge >= 0.3 is 0 Å². The lowest BCUT2D eigenvalue weighted by atomic mass is 10.1. The number of carbonyl (C=O) groups is 1. The molecule has 1 amide bonds. The van der Waals surface area contributed by atoms with Crippen LogP contribution in [0.4, 0.5) is 4.39 Å². The molecular weight excluding hydrogens is 257 g/mol. The molecule has 1 aliphatic heterocycles. The van der Waals surface area contributed by atoms with Gasteiger partial charge < -0.3 is 10.6 Å². The summed E-state index contributed by atoms with van der Waals surface area (Å²) in [6.45, 7) is 4.89. The molecule has 0 unspecified atom stereocenters. The van der Waals surface area contributed by atoms with Crippen molar-refractivity contribution in [3.63, 3.8) is 0 Å². The lowest BCUT2D eigenvalue weighted by molar-refractivity contribution is -0.132. The molecule has 0 aliphatic carbocycles. The van der Waals surface area contributed by atoms with Gasteiger partial charge in [0.05, 0.1) is 6.42 Å². The van der Waals surface area contributed by atoms with Crippen LogP contribution in [0.2, 0.25) is 0 Å². The normalized spacial score (nSPS) is 16.4. The molecule has 1 aromatic carbocycles. The second-order valence-corrected chi connectivity index (χ2v) is 5.13. The summed E-state index contributed by atoms with van der Waals surface area (Å²) in [6, 6.07) is 6.47. The molecule has 1 fully saturated rings. The molecule has 20 heavy (non-hydrogen) atoms. The Morgan fingerprint density at radius 1 is 1.20 bits per heavy atom. The van der Waals surface area contributed by atoms with Gasteiger partial charge in [-0.3, -0.25) is 9.69 Å². The van der Waals surface area contributed by atoms with Crippen LogP contribution in [-0.4, -0.2) is 55.0 Å². The number of hydrogen-bond acceptors (Lipinski definition) is 3. The van der Waals surface area contributed by atoms with E-state index in [1.807, 2.05) is 4.90 Å². The fourth-order valence-corrected chi connectivity index (χ4v) is 2.45. The monoisotopic (exact) mass is 279 g/mol. The second-order valence-electron chi connectivity index (χ2n) is 5.13. The maximum absolute atomic E-state index is 13.5. The summed E-state index contributed by atoms with van der Waals surface area (Å²) in [7, 11) is 0. The van der Waals surface area contributed by atoms with E-state index in [1.54, 1.807) is 18.2 Å². The highest BCUT2D eigenvalue weighted by molar-refractivity contribution is 5.78. The van der Waals surface area contributed by atoms with E-state index in [-0.39, 0.29) is 18.1 Å². The lowest BCUT2D eigenvalue weighted by Crippen LogP contribution is -2.49. The van der Waals surface area contributed by atoms with E-state index in [9.17, 15) is 9.18 Å². The summed E-state index contributed by atoms with van der Waals surface area (Å²) >= 11 is 0. The highest BCUT2D eigenvalue weighted by atomic mass is 19.1. The molecule has 5 heteroatoms. The van der Waals surface area contributed by atoms with Crippen LogP contribution in [0.1, 0.15) is 12.0 Å². The molecule has 1 saturated heterocycles. The Balaban J connectivity index is 1.82. The van der Waals surface area contributed by atoms with Crippen LogP contribution in [-0.2, 0) is 11.2 Å². The van der Waals surface area contributed by atoms with Gasteiger partial charge in [-0.25, -0.2) is 4.39 Å². The molecule has 4 nitrogen and oxygen atoms in total. The summed E-state index contributed by atoms with van der Waals surface area (Å²) in [5.74, 6) is -0.295. The first-order valence-electron chi connectivity index (χ1n) is 7.14. The maximum Gasteiger partial charge on any atom is 0.227 e. The number of carbonyl (C=O) groups excluding carboxylic acids is 1. The zero-order chi connectivity index (χ0) is 14.4. The minimum Gasteiger partial charge on any atom is -0.340 e. The van der Waals surface area contributed by atoms with Gasteiger partial charge in [-0.2, -0.15) is 0 Å². The summed E-state index contributed by atoms with van der Waals surface area (Å²) in [5.41, 5.74) is 5.97. The predicted octanol–water partition coefficient (Wildman–Crippen LogP) is 0.861. The summed E-state index contributed by atoms with van der Waals surface area (Å²) in [6.07, 6.45) is 1.14. The Hall–Kier alpha value is -1.46. The van der Waals surface area contributed by atoms with Crippen LogP contribution in [0.15, 0.2) is 24.3 Å². The average Bonchev–Trinajstić information content (AvgIpc) is 2.48. The summed E-state index contributed by atoms with van der Waals surface area (Å²) in [5, 5.41) is 0. The molecule has 0 aromatic heterocycles. The smallest absolute Gasteiger partial charge is 0.227 e. The van der Waals surface area contributed by atoms with Crippen LogP contribution in [0.3, 0.4) is 0 Å². The zero-order valence-electron chi connectivity index (χ0n) is 11.7. The number of hydrogen-bond donors (Lipinski definition) is 1. The van der Waals surface area contributed by atoms with Gasteiger partial charge in [0.15, 0.2) is 0 Å². The first kappa shape index (κ1) is 14.9. The number of nitrogens with two attached hydrogens (primary N) is 1. The van der Waals surface area contributed by atoms with Crippen LogP contribution in [0.25, 0.3) is 0 Å². The molecule has 0 radical (unpaired) electrons. The maximum atomic E-state index is 13.5. The van der Waals surface area contributed by atoms with E-state index >= 15 is 0 Å². The topological polar surface area (TPSA) is 49.6 Å². The van der Waals surface area contributed by atoms with Crippen LogP contribution in [0, 0.1) is 5.82 Å². The van der Waals surface area contributed by atoms with Crippen LogP contribution >= 0.6 is 0 Å². The van der Waals surface area contributed by atoms with Crippen LogP contribution in [0.5, 0.6) is 0 Å². The molecule has 0 atom stereocenters. The Bertz CT molecular complexity index is 444. The standard InChI is InChI=1S/C15H22FN3O/c16-14-5-2-1-4-13(14)12-15(20)19-10-8-18(9-11-19)7-3-6-17/h1-2,4-5H,3,6-12,17H2. The number of nitrogens with zero attached hydrogens (tertiary/aromatic N) is 2. The van der Waals surface area contributed by atoms with Gasteiger partial charge in [0.1, 0.15) is 5.82 Å². The molecule has 1 heterocycles. The molecular formula is C15H22FN3O. The van der Waals surface area contributed by atoms with Crippen molar-refractivity contribution >= 4 is 5.91 Å². The largest absolute Gasteiger partial charge is 0.340 e. The van der Waals surface area contributed by atoms with E-state index in [0.717, 1.165) is 39.1 Å². The van der Waals surface area contributed by atoms with Crippen molar-refractivity contribution in [3.8, 4) is 0 Å².